The second-order valence-corrected chi connectivity index (χ2v) is 5.86. The van der Waals surface area contributed by atoms with Gasteiger partial charge in [-0.2, -0.15) is 0 Å². The predicted octanol–water partition coefficient (Wildman–Crippen LogP) is 2.44. The number of aromatic nitrogens is 1. The third kappa shape index (κ3) is 3.27. The number of anilines is 1. The molecule has 2 heterocycles. The third-order valence-corrected chi connectivity index (χ3v) is 4.29. The molecule has 0 radical (unpaired) electrons. The molecule has 4 heteroatoms. The number of pyridine rings is 1. The minimum absolute atomic E-state index is 0.0624. The Kier molecular flexibility index (Phi) is 4.25. The van der Waals surface area contributed by atoms with Gasteiger partial charge in [0.15, 0.2) is 0 Å². The Labute approximate surface area is 125 Å². The van der Waals surface area contributed by atoms with Crippen LogP contribution in [-0.4, -0.2) is 35.6 Å². The van der Waals surface area contributed by atoms with E-state index in [9.17, 15) is 4.79 Å². The molecule has 0 atom stereocenters. The highest BCUT2D eigenvalue weighted by molar-refractivity contribution is 5.84. The molecule has 1 aliphatic rings. The molecule has 112 valence electrons. The molecule has 4 nitrogen and oxygen atoms in total. The van der Waals surface area contributed by atoms with Crippen LogP contribution in [0.2, 0.25) is 0 Å². The Balaban J connectivity index is 1.64. The number of rotatable bonds is 4. The summed E-state index contributed by atoms with van der Waals surface area (Å²) in [6, 6.07) is 7.97. The van der Waals surface area contributed by atoms with Gasteiger partial charge in [0, 0.05) is 37.4 Å². The lowest BCUT2D eigenvalue weighted by atomic mass is 10.1. The van der Waals surface area contributed by atoms with Crippen molar-refractivity contribution >= 4 is 16.5 Å². The topological polar surface area (TPSA) is 37.3 Å². The van der Waals surface area contributed by atoms with E-state index in [2.05, 4.69) is 16.3 Å². The number of nitrogens with zero attached hydrogens (tertiary/aromatic N) is 2. The number of nitrogens with one attached hydrogen (secondary N) is 1. The van der Waals surface area contributed by atoms with E-state index in [1.165, 1.54) is 32.4 Å². The number of aryl methyl sites for hydroxylation is 1. The predicted molar refractivity (Wildman–Crippen MR) is 88.0 cm³/mol. The molecule has 1 fully saturated rings. The van der Waals surface area contributed by atoms with Gasteiger partial charge in [-0.25, -0.2) is 0 Å². The van der Waals surface area contributed by atoms with E-state index in [4.69, 9.17) is 0 Å². The van der Waals surface area contributed by atoms with E-state index < -0.39 is 0 Å². The summed E-state index contributed by atoms with van der Waals surface area (Å²) in [5.41, 5.74) is 1.15. The highest BCUT2D eigenvalue weighted by Gasteiger charge is 2.09. The molecule has 0 amide bonds. The van der Waals surface area contributed by atoms with Crippen molar-refractivity contribution in [3.8, 4) is 0 Å². The molecule has 1 saturated heterocycles. The molecular weight excluding hydrogens is 262 g/mol. The minimum Gasteiger partial charge on any atom is -0.384 e. The first-order chi connectivity index (χ1) is 10.2. The normalized spacial score (nSPS) is 16.2. The van der Waals surface area contributed by atoms with E-state index in [0.717, 1.165) is 29.5 Å². The fourth-order valence-corrected chi connectivity index (χ4v) is 3.00. The van der Waals surface area contributed by atoms with Gasteiger partial charge in [0.05, 0.1) is 0 Å². The van der Waals surface area contributed by atoms with E-state index >= 15 is 0 Å². The zero-order valence-corrected chi connectivity index (χ0v) is 12.6. The van der Waals surface area contributed by atoms with Crippen LogP contribution in [0.3, 0.4) is 0 Å². The average molecular weight is 285 g/mol. The SMILES string of the molecule is Cn1ccc2cc(NCCN3CCCCC3)ccc2c1=O. The first-order valence-corrected chi connectivity index (χ1v) is 7.80. The Morgan fingerprint density at radius 3 is 2.76 bits per heavy atom. The van der Waals surface area contributed by atoms with Crippen LogP contribution in [-0.2, 0) is 7.05 Å². The summed E-state index contributed by atoms with van der Waals surface area (Å²) in [5.74, 6) is 0. The summed E-state index contributed by atoms with van der Waals surface area (Å²) in [4.78, 5) is 14.5. The first-order valence-electron chi connectivity index (χ1n) is 7.80. The third-order valence-electron chi connectivity index (χ3n) is 4.29. The fraction of sp³-hybridized carbons (Fsp3) is 0.471. The maximum absolute atomic E-state index is 12.0. The van der Waals surface area contributed by atoms with Crippen LogP contribution in [0.5, 0.6) is 0 Å². The summed E-state index contributed by atoms with van der Waals surface area (Å²) >= 11 is 0. The van der Waals surface area contributed by atoms with E-state index in [1.54, 1.807) is 11.6 Å². The van der Waals surface area contributed by atoms with Gasteiger partial charge < -0.3 is 14.8 Å². The number of hydrogen-bond acceptors (Lipinski definition) is 3. The number of hydrogen-bond donors (Lipinski definition) is 1. The Morgan fingerprint density at radius 1 is 1.14 bits per heavy atom. The van der Waals surface area contributed by atoms with Gasteiger partial charge in [-0.15, -0.1) is 0 Å². The number of likely N-dealkylation sites (tertiary alicyclic amines) is 1. The summed E-state index contributed by atoms with van der Waals surface area (Å²) in [5, 5.41) is 5.25. The molecule has 0 aliphatic carbocycles. The standard InChI is InChI=1S/C17H23N3O/c1-19-11-7-14-13-15(5-6-16(14)17(19)21)18-8-12-20-9-3-2-4-10-20/h5-7,11,13,18H,2-4,8-10,12H2,1H3. The molecule has 21 heavy (non-hydrogen) atoms. The van der Waals surface area contributed by atoms with Gasteiger partial charge in [-0.3, -0.25) is 4.79 Å². The molecule has 0 bridgehead atoms. The minimum atomic E-state index is 0.0624. The molecular formula is C17H23N3O. The van der Waals surface area contributed by atoms with Crippen molar-refractivity contribution in [1.82, 2.24) is 9.47 Å². The summed E-state index contributed by atoms with van der Waals surface area (Å²) < 4.78 is 1.62. The summed E-state index contributed by atoms with van der Waals surface area (Å²) in [7, 11) is 1.78. The van der Waals surface area contributed by atoms with E-state index in [1.807, 2.05) is 24.4 Å². The monoisotopic (exact) mass is 285 g/mol. The molecule has 1 aromatic heterocycles. The highest BCUT2D eigenvalue weighted by Crippen LogP contribution is 2.16. The van der Waals surface area contributed by atoms with Gasteiger partial charge in [-0.1, -0.05) is 6.42 Å². The van der Waals surface area contributed by atoms with Gasteiger partial charge >= 0.3 is 0 Å². The molecule has 2 aromatic rings. The van der Waals surface area contributed by atoms with Gasteiger partial charge in [-0.05, 0) is 55.6 Å². The molecule has 0 spiro atoms. The molecule has 1 aromatic carbocycles. The van der Waals surface area contributed by atoms with Crippen LogP contribution in [0.4, 0.5) is 5.69 Å². The Morgan fingerprint density at radius 2 is 1.95 bits per heavy atom. The Bertz CT molecular complexity index is 671. The fourth-order valence-electron chi connectivity index (χ4n) is 3.00. The van der Waals surface area contributed by atoms with Gasteiger partial charge in [0.1, 0.15) is 0 Å². The second kappa shape index (κ2) is 6.31. The summed E-state index contributed by atoms with van der Waals surface area (Å²) in [6.45, 7) is 4.51. The smallest absolute Gasteiger partial charge is 0.258 e. The van der Waals surface area contributed by atoms with Crippen LogP contribution in [0.1, 0.15) is 19.3 Å². The van der Waals surface area contributed by atoms with Crippen molar-refractivity contribution in [1.29, 1.82) is 0 Å². The lowest BCUT2D eigenvalue weighted by Gasteiger charge is -2.26. The molecule has 0 saturated carbocycles. The molecule has 1 N–H and O–H groups in total. The van der Waals surface area contributed by atoms with Gasteiger partial charge in [0.25, 0.3) is 5.56 Å². The summed E-state index contributed by atoms with van der Waals surface area (Å²) in [6.07, 6.45) is 5.87. The maximum atomic E-state index is 12.0. The quantitative estimate of drug-likeness (QED) is 0.937. The molecule has 1 aliphatic heterocycles. The van der Waals surface area contributed by atoms with Crippen molar-refractivity contribution < 1.29 is 0 Å². The average Bonchev–Trinajstić information content (AvgIpc) is 2.52. The largest absolute Gasteiger partial charge is 0.384 e. The Hall–Kier alpha value is -1.81. The van der Waals surface area contributed by atoms with Crippen LogP contribution < -0.4 is 10.9 Å². The lowest BCUT2D eigenvalue weighted by molar-refractivity contribution is 0.237. The number of benzene rings is 1. The zero-order chi connectivity index (χ0) is 14.7. The van der Waals surface area contributed by atoms with Crippen LogP contribution >= 0.6 is 0 Å². The van der Waals surface area contributed by atoms with E-state index in [0.29, 0.717) is 0 Å². The zero-order valence-electron chi connectivity index (χ0n) is 12.6. The lowest BCUT2D eigenvalue weighted by Crippen LogP contribution is -2.33. The molecule has 0 unspecified atom stereocenters. The second-order valence-electron chi connectivity index (χ2n) is 5.86. The van der Waals surface area contributed by atoms with Crippen LogP contribution in [0, 0.1) is 0 Å². The highest BCUT2D eigenvalue weighted by atomic mass is 16.1. The van der Waals surface area contributed by atoms with Gasteiger partial charge in [0.2, 0.25) is 0 Å². The van der Waals surface area contributed by atoms with E-state index in [-0.39, 0.29) is 5.56 Å². The van der Waals surface area contributed by atoms with Crippen molar-refractivity contribution in [3.63, 3.8) is 0 Å². The van der Waals surface area contributed by atoms with Crippen molar-refractivity contribution in [2.24, 2.45) is 7.05 Å². The van der Waals surface area contributed by atoms with Crippen molar-refractivity contribution in [2.45, 2.75) is 19.3 Å². The van der Waals surface area contributed by atoms with Crippen LogP contribution in [0.25, 0.3) is 10.8 Å². The molecule has 3 rings (SSSR count). The van der Waals surface area contributed by atoms with Crippen molar-refractivity contribution in [3.05, 3.63) is 40.8 Å². The number of piperidine rings is 1. The van der Waals surface area contributed by atoms with Crippen LogP contribution in [0.15, 0.2) is 35.3 Å². The first kappa shape index (κ1) is 14.1. The van der Waals surface area contributed by atoms with Crippen molar-refractivity contribution in [2.75, 3.05) is 31.5 Å². The number of fused-ring (bicyclic) bond motifs is 1. The maximum Gasteiger partial charge on any atom is 0.258 e.